The highest BCUT2D eigenvalue weighted by Gasteiger charge is 2.55. The Bertz CT molecular complexity index is 919. The molecule has 320 valence electrons. The number of hydrogen-bond acceptors (Lipinski definition) is 14. The van der Waals surface area contributed by atoms with Crippen molar-refractivity contribution in [2.24, 2.45) is 0 Å². The lowest BCUT2D eigenvalue weighted by Gasteiger charge is -2.50. The zero-order valence-corrected chi connectivity index (χ0v) is 39.5. The molecule has 0 spiro atoms. The summed E-state index contributed by atoms with van der Waals surface area (Å²) in [5.74, 6) is 0. The van der Waals surface area contributed by atoms with Gasteiger partial charge in [0.05, 0.1) is 66.1 Å². The van der Waals surface area contributed by atoms with Gasteiger partial charge in [-0.25, -0.2) is 0 Å². The number of epoxide rings is 5. The molecule has 14 nitrogen and oxygen atoms in total. The third-order valence-corrected chi connectivity index (χ3v) is 37.7. The largest absolute Gasteiger partial charge is 0.436 e. The van der Waals surface area contributed by atoms with E-state index in [4.69, 9.17) is 63.8 Å². The fraction of sp³-hybridized carbons (Fsp3) is 1.00. The second-order valence-corrected chi connectivity index (χ2v) is 37.3. The molecule has 0 aromatic carbocycles. The Morgan fingerprint density at radius 2 is 0.600 bits per heavy atom. The molecule has 0 radical (unpaired) electrons. The molecule has 0 N–H and O–H groups in total. The molecule has 6 aliphatic heterocycles. The van der Waals surface area contributed by atoms with Gasteiger partial charge in [-0.15, -0.1) is 0 Å². The van der Waals surface area contributed by atoms with E-state index in [9.17, 15) is 0 Å². The quantitative estimate of drug-likeness (QED) is 0.0543. The zero-order chi connectivity index (χ0) is 38.7. The molecule has 0 bridgehead atoms. The van der Waals surface area contributed by atoms with Crippen LogP contribution in [0, 0.1) is 0 Å². The first-order valence-electron chi connectivity index (χ1n) is 21.2. The van der Waals surface area contributed by atoms with Crippen molar-refractivity contribution in [3.63, 3.8) is 0 Å². The van der Waals surface area contributed by atoms with Crippen molar-refractivity contribution in [2.75, 3.05) is 99.1 Å². The van der Waals surface area contributed by atoms with Gasteiger partial charge in [0.1, 0.15) is 30.5 Å². The summed E-state index contributed by atoms with van der Waals surface area (Å²) >= 11 is 0. The van der Waals surface area contributed by atoms with Gasteiger partial charge in [0.25, 0.3) is 0 Å². The first-order valence-corrected chi connectivity index (χ1v) is 34.4. The summed E-state index contributed by atoms with van der Waals surface area (Å²) in [5, 5.41) is 0. The summed E-state index contributed by atoms with van der Waals surface area (Å²) in [7, 11) is -13.3. The van der Waals surface area contributed by atoms with Crippen molar-refractivity contribution in [2.45, 2.75) is 131 Å². The van der Waals surface area contributed by atoms with E-state index in [1.807, 2.05) is 0 Å². The molecule has 6 rings (SSSR count). The van der Waals surface area contributed by atoms with Crippen molar-refractivity contribution in [1.82, 2.24) is 0 Å². The monoisotopic (exact) mass is 868 g/mol. The molecule has 9 unspecified atom stereocenters. The van der Waals surface area contributed by atoms with Crippen LogP contribution in [-0.4, -0.2) is 172 Å². The van der Waals surface area contributed by atoms with Crippen LogP contribution in [0.15, 0.2) is 0 Å². The number of hydrogen-bond donors (Lipinski definition) is 0. The summed E-state index contributed by atoms with van der Waals surface area (Å²) in [4.78, 5) is 0. The molecule has 6 heterocycles. The van der Waals surface area contributed by atoms with Crippen LogP contribution in [0.5, 0.6) is 0 Å². The highest BCUT2D eigenvalue weighted by atomic mass is 28.5. The molecule has 19 heteroatoms. The topological polar surface area (TPSA) is 146 Å². The van der Waals surface area contributed by atoms with Crippen LogP contribution in [0.3, 0.4) is 0 Å². The maximum absolute atomic E-state index is 7.71. The first-order chi connectivity index (χ1) is 26.4. The van der Waals surface area contributed by atoms with E-state index < -0.39 is 42.3 Å². The molecule has 0 saturated carbocycles. The lowest BCUT2D eigenvalue weighted by atomic mass is 10.5. The second-order valence-electron chi connectivity index (χ2n) is 17.6. The SMILES string of the molecule is C[Si]1(CCCOCC2CO2)C[Si](C)(CCCOCC2CO2)O[Si](C)(CCCOCC2CO2)O[Si](C)(CCCOCC2CO2)O[Si](C)(CCCOCC2CO2)O1. The average Bonchev–Trinajstić information content (AvgIpc) is 3.90. The molecule has 0 aromatic heterocycles. The standard InChI is InChI=1S/C36H72O14Si5/c1-51(16-6-11-37-21-32-26-42-32)31-52(2,17-7-12-38-22-33-27-43-33)48-54(4,19-9-14-40-24-35-29-45-35)50-55(5,20-10-15-41-25-36-30-46-36)49-53(3,47-51)18-8-13-39-23-34-28-44-34/h32-36H,6-31H2,1-5H3. The van der Waals surface area contributed by atoms with Crippen LogP contribution >= 0.6 is 0 Å². The van der Waals surface area contributed by atoms with E-state index in [1.165, 1.54) is 0 Å². The molecule has 9 atom stereocenters. The fourth-order valence-electron chi connectivity index (χ4n) is 7.94. The Hall–Kier alpha value is 0.524. The smallest absolute Gasteiger partial charge is 0.317 e. The van der Waals surface area contributed by atoms with Crippen molar-refractivity contribution >= 4 is 42.3 Å². The Labute approximate surface area is 335 Å². The van der Waals surface area contributed by atoms with Crippen LogP contribution in [0.25, 0.3) is 0 Å². The van der Waals surface area contributed by atoms with Gasteiger partial charge in [-0.3, -0.25) is 0 Å². The summed E-state index contributed by atoms with van der Waals surface area (Å²) in [6.45, 7) is 22.5. The van der Waals surface area contributed by atoms with Gasteiger partial charge in [0.15, 0.2) is 16.6 Å². The van der Waals surface area contributed by atoms with Crippen LogP contribution in [0.4, 0.5) is 0 Å². The molecule has 6 fully saturated rings. The number of rotatable bonds is 30. The Morgan fingerprint density at radius 3 is 0.855 bits per heavy atom. The van der Waals surface area contributed by atoms with Gasteiger partial charge < -0.3 is 63.8 Å². The van der Waals surface area contributed by atoms with Crippen LogP contribution in [-0.2, 0) is 63.8 Å². The van der Waals surface area contributed by atoms with E-state index in [-0.39, 0.29) is 30.5 Å². The van der Waals surface area contributed by atoms with Crippen LogP contribution in [0.2, 0.25) is 68.6 Å². The van der Waals surface area contributed by atoms with Gasteiger partial charge >= 0.3 is 25.7 Å². The number of ether oxygens (including phenoxy) is 10. The minimum atomic E-state index is -2.88. The van der Waals surface area contributed by atoms with Gasteiger partial charge in [-0.2, -0.15) is 0 Å². The van der Waals surface area contributed by atoms with E-state index >= 15 is 0 Å². The molecule has 0 amide bonds. The Balaban J connectivity index is 1.21. The van der Waals surface area contributed by atoms with Gasteiger partial charge in [-0.05, 0) is 101 Å². The minimum Gasteiger partial charge on any atom is -0.436 e. The highest BCUT2D eigenvalue weighted by molar-refractivity contribution is 6.99. The van der Waals surface area contributed by atoms with E-state index in [1.54, 1.807) is 0 Å². The zero-order valence-electron chi connectivity index (χ0n) is 34.5. The maximum atomic E-state index is 7.71. The molecular weight excluding hydrogens is 797 g/mol. The molecule has 55 heavy (non-hydrogen) atoms. The molecule has 0 aromatic rings. The van der Waals surface area contributed by atoms with Crippen molar-refractivity contribution in [3.05, 3.63) is 0 Å². The molecule has 6 aliphatic rings. The van der Waals surface area contributed by atoms with Crippen LogP contribution in [0.1, 0.15) is 32.1 Å². The summed E-state index contributed by atoms with van der Waals surface area (Å²) in [5.41, 5.74) is 0.982. The lowest BCUT2D eigenvalue weighted by molar-refractivity contribution is 0.113. The first kappa shape index (κ1) is 45.1. The molecule has 0 aliphatic carbocycles. The molecular formula is C36H72O14Si5. The van der Waals surface area contributed by atoms with Gasteiger partial charge in [-0.1, -0.05) is 0 Å². The van der Waals surface area contributed by atoms with Crippen molar-refractivity contribution in [1.29, 1.82) is 0 Å². The highest BCUT2D eigenvalue weighted by Crippen LogP contribution is 2.41. The average molecular weight is 869 g/mol. The predicted molar refractivity (Wildman–Crippen MR) is 217 cm³/mol. The minimum absolute atomic E-state index is 0.245. The normalized spacial score (nSPS) is 39.5. The van der Waals surface area contributed by atoms with E-state index in [0.29, 0.717) is 66.1 Å². The summed E-state index contributed by atoms with van der Waals surface area (Å²) < 4.78 is 87.8. The Kier molecular flexibility index (Phi) is 17.5. The summed E-state index contributed by atoms with van der Waals surface area (Å²) in [6, 6.07) is 4.50. The lowest BCUT2D eigenvalue weighted by Crippen LogP contribution is -2.65. The van der Waals surface area contributed by atoms with E-state index in [2.05, 4.69) is 32.7 Å². The maximum Gasteiger partial charge on any atom is 0.317 e. The third kappa shape index (κ3) is 18.4. The van der Waals surface area contributed by atoms with Crippen LogP contribution < -0.4 is 0 Å². The van der Waals surface area contributed by atoms with Crippen molar-refractivity contribution in [3.8, 4) is 0 Å². The summed E-state index contributed by atoms with van der Waals surface area (Å²) in [6.07, 6.45) is 5.78. The third-order valence-electron chi connectivity index (χ3n) is 10.8. The van der Waals surface area contributed by atoms with Gasteiger partial charge in [0, 0.05) is 33.0 Å². The van der Waals surface area contributed by atoms with Gasteiger partial charge in [0.2, 0.25) is 0 Å². The van der Waals surface area contributed by atoms with Crippen molar-refractivity contribution < 1.29 is 63.8 Å². The molecule has 6 saturated heterocycles. The van der Waals surface area contributed by atoms with E-state index in [0.717, 1.165) is 101 Å². The second kappa shape index (κ2) is 21.4. The Morgan fingerprint density at radius 1 is 0.364 bits per heavy atom. The predicted octanol–water partition coefficient (Wildman–Crippen LogP) is 5.00. The fourth-order valence-corrected chi connectivity index (χ4v) is 42.2.